The van der Waals surface area contributed by atoms with Crippen LogP contribution in [0.2, 0.25) is 0 Å². The number of urea groups is 1. The van der Waals surface area contributed by atoms with Gasteiger partial charge in [-0.15, -0.1) is 0 Å². The predicted octanol–water partition coefficient (Wildman–Crippen LogP) is 1.22. The van der Waals surface area contributed by atoms with Crippen LogP contribution in [0.15, 0.2) is 36.4 Å². The van der Waals surface area contributed by atoms with Crippen LogP contribution in [0.25, 0.3) is 6.08 Å². The highest BCUT2D eigenvalue weighted by molar-refractivity contribution is 5.90. The van der Waals surface area contributed by atoms with E-state index in [0.717, 1.165) is 24.9 Å². The maximum atomic E-state index is 12.5. The molecule has 3 fully saturated rings. The number of nitrogens with one attached hydrogen (secondary N) is 2. The van der Waals surface area contributed by atoms with Crippen LogP contribution in [0.5, 0.6) is 0 Å². The third kappa shape index (κ3) is 3.88. The Morgan fingerprint density at radius 1 is 1.18 bits per heavy atom. The number of piperidine rings is 1. The maximum absolute atomic E-state index is 12.5. The van der Waals surface area contributed by atoms with E-state index in [2.05, 4.69) is 10.6 Å². The van der Waals surface area contributed by atoms with Crippen LogP contribution >= 0.6 is 0 Å². The monoisotopic (exact) mass is 382 g/mol. The number of hydrogen-bond donors (Lipinski definition) is 2. The average Bonchev–Trinajstić information content (AvgIpc) is 3.26. The van der Waals surface area contributed by atoms with Gasteiger partial charge >= 0.3 is 6.03 Å². The van der Waals surface area contributed by atoms with Crippen LogP contribution in [-0.2, 0) is 9.59 Å². The lowest BCUT2D eigenvalue weighted by Gasteiger charge is -2.39. The number of nitrogens with zero attached hydrogens (tertiary/aromatic N) is 2. The Labute approximate surface area is 164 Å². The molecule has 7 nitrogen and oxygen atoms in total. The van der Waals surface area contributed by atoms with Crippen molar-refractivity contribution in [3.63, 3.8) is 0 Å². The first kappa shape index (κ1) is 18.5. The highest BCUT2D eigenvalue weighted by atomic mass is 16.2. The normalized spacial score (nSPS) is 24.1. The van der Waals surface area contributed by atoms with Gasteiger partial charge in [-0.25, -0.2) is 4.79 Å². The average molecular weight is 382 g/mol. The highest BCUT2D eigenvalue weighted by Crippen LogP contribution is 2.41. The van der Waals surface area contributed by atoms with Crippen LogP contribution in [0, 0.1) is 5.41 Å². The Kier molecular flexibility index (Phi) is 5.07. The summed E-state index contributed by atoms with van der Waals surface area (Å²) in [5.41, 5.74) is 1.11. The minimum absolute atomic E-state index is 0.0222. The van der Waals surface area contributed by atoms with E-state index in [1.54, 1.807) is 0 Å². The molecule has 1 aromatic carbocycles. The summed E-state index contributed by atoms with van der Waals surface area (Å²) in [5.74, 6) is 0.171. The van der Waals surface area contributed by atoms with Crippen molar-refractivity contribution in [2.45, 2.75) is 25.3 Å². The SMILES string of the molecule is O=C1NCC(C(=O)N2CCC3(CC2)CC(=O)N(C/C=C/c2ccccc2)C3)N1. The van der Waals surface area contributed by atoms with Gasteiger partial charge in [0, 0.05) is 44.6 Å². The van der Waals surface area contributed by atoms with Gasteiger partial charge in [0.2, 0.25) is 11.8 Å². The molecule has 4 amide bonds. The zero-order valence-electron chi connectivity index (χ0n) is 15.9. The molecule has 7 heteroatoms. The summed E-state index contributed by atoms with van der Waals surface area (Å²) in [6.07, 6.45) is 6.31. The Morgan fingerprint density at radius 3 is 2.61 bits per heavy atom. The fourth-order valence-electron chi connectivity index (χ4n) is 4.39. The van der Waals surface area contributed by atoms with Crippen LogP contribution in [0.4, 0.5) is 4.79 Å². The summed E-state index contributed by atoms with van der Waals surface area (Å²) in [5, 5.41) is 5.28. The molecule has 0 aromatic heterocycles. The molecule has 3 saturated heterocycles. The second-order valence-corrected chi connectivity index (χ2v) is 8.00. The number of carbonyl (C=O) groups excluding carboxylic acids is 3. The molecule has 1 aromatic rings. The highest BCUT2D eigenvalue weighted by Gasteiger charge is 2.45. The topological polar surface area (TPSA) is 81.8 Å². The Bertz CT molecular complexity index is 784. The van der Waals surface area contributed by atoms with E-state index in [-0.39, 0.29) is 23.3 Å². The smallest absolute Gasteiger partial charge is 0.315 e. The summed E-state index contributed by atoms with van der Waals surface area (Å²) in [6.45, 7) is 3.02. The molecule has 1 spiro atoms. The van der Waals surface area contributed by atoms with E-state index < -0.39 is 6.04 Å². The van der Waals surface area contributed by atoms with Gasteiger partial charge in [0.15, 0.2) is 0 Å². The van der Waals surface area contributed by atoms with Gasteiger partial charge in [-0.1, -0.05) is 42.5 Å². The minimum atomic E-state index is -0.466. The Balaban J connectivity index is 1.29. The van der Waals surface area contributed by atoms with Gasteiger partial charge in [-0.2, -0.15) is 0 Å². The summed E-state index contributed by atoms with van der Waals surface area (Å²) < 4.78 is 0. The third-order valence-electron chi connectivity index (χ3n) is 6.05. The molecule has 3 heterocycles. The van der Waals surface area contributed by atoms with Crippen LogP contribution in [0.1, 0.15) is 24.8 Å². The van der Waals surface area contributed by atoms with Crippen LogP contribution in [0.3, 0.4) is 0 Å². The minimum Gasteiger partial charge on any atom is -0.341 e. The molecule has 0 saturated carbocycles. The number of amides is 4. The second kappa shape index (κ2) is 7.66. The van der Waals surface area contributed by atoms with Crippen LogP contribution < -0.4 is 10.6 Å². The van der Waals surface area contributed by atoms with Crippen molar-refractivity contribution >= 4 is 23.9 Å². The standard InChI is InChI=1S/C21H26N4O3/c26-18-13-21(15-25(18)10-4-7-16-5-2-1-3-6-16)8-11-24(12-9-21)19(27)17-14-22-20(28)23-17/h1-7,17H,8-15H2,(H2,22,23,28)/b7-4+. The van der Waals surface area contributed by atoms with E-state index in [0.29, 0.717) is 32.6 Å². The van der Waals surface area contributed by atoms with Crippen molar-refractivity contribution < 1.29 is 14.4 Å². The van der Waals surface area contributed by atoms with Gasteiger partial charge in [-0.05, 0) is 18.4 Å². The van der Waals surface area contributed by atoms with Crippen molar-refractivity contribution in [3.05, 3.63) is 42.0 Å². The first-order valence-corrected chi connectivity index (χ1v) is 9.87. The summed E-state index contributed by atoms with van der Waals surface area (Å²) >= 11 is 0. The lowest BCUT2D eigenvalue weighted by Crippen LogP contribution is -2.50. The zero-order chi connectivity index (χ0) is 19.6. The van der Waals surface area contributed by atoms with Gasteiger partial charge in [-0.3, -0.25) is 9.59 Å². The fraction of sp³-hybridized carbons (Fsp3) is 0.476. The number of rotatable bonds is 4. The van der Waals surface area contributed by atoms with Gasteiger partial charge < -0.3 is 20.4 Å². The van der Waals surface area contributed by atoms with Gasteiger partial charge in [0.05, 0.1) is 0 Å². The summed E-state index contributed by atoms with van der Waals surface area (Å²) in [4.78, 5) is 40.1. The molecule has 3 aliphatic heterocycles. The fourth-order valence-corrected chi connectivity index (χ4v) is 4.39. The van der Waals surface area contributed by atoms with Crippen molar-refractivity contribution in [3.8, 4) is 0 Å². The first-order chi connectivity index (χ1) is 13.5. The van der Waals surface area contributed by atoms with E-state index in [4.69, 9.17) is 0 Å². The van der Waals surface area contributed by atoms with Crippen molar-refractivity contribution in [1.29, 1.82) is 0 Å². The molecule has 2 N–H and O–H groups in total. The third-order valence-corrected chi connectivity index (χ3v) is 6.05. The van der Waals surface area contributed by atoms with Gasteiger partial charge in [0.25, 0.3) is 0 Å². The van der Waals surface area contributed by atoms with Crippen molar-refractivity contribution in [2.75, 3.05) is 32.7 Å². The maximum Gasteiger partial charge on any atom is 0.315 e. The number of benzene rings is 1. The lowest BCUT2D eigenvalue weighted by atomic mass is 9.77. The first-order valence-electron chi connectivity index (χ1n) is 9.87. The van der Waals surface area contributed by atoms with Crippen molar-refractivity contribution in [2.24, 2.45) is 5.41 Å². The zero-order valence-corrected chi connectivity index (χ0v) is 15.9. The Morgan fingerprint density at radius 2 is 1.93 bits per heavy atom. The molecule has 4 rings (SSSR count). The summed E-state index contributed by atoms with van der Waals surface area (Å²) in [6, 6.07) is 9.31. The molecule has 0 radical (unpaired) electrons. The van der Waals surface area contributed by atoms with E-state index in [1.165, 1.54) is 0 Å². The molecule has 1 unspecified atom stereocenters. The molecule has 3 aliphatic rings. The predicted molar refractivity (Wildman–Crippen MR) is 105 cm³/mol. The number of likely N-dealkylation sites (tertiary alicyclic amines) is 2. The van der Waals surface area contributed by atoms with E-state index in [9.17, 15) is 14.4 Å². The molecule has 1 atom stereocenters. The molecule has 148 valence electrons. The van der Waals surface area contributed by atoms with E-state index in [1.807, 2.05) is 52.3 Å². The summed E-state index contributed by atoms with van der Waals surface area (Å²) in [7, 11) is 0. The molecule has 28 heavy (non-hydrogen) atoms. The van der Waals surface area contributed by atoms with Crippen molar-refractivity contribution in [1.82, 2.24) is 20.4 Å². The molecular weight excluding hydrogens is 356 g/mol. The number of hydrogen-bond acceptors (Lipinski definition) is 3. The quantitative estimate of drug-likeness (QED) is 0.822. The molecular formula is C21H26N4O3. The van der Waals surface area contributed by atoms with Crippen LogP contribution in [-0.4, -0.2) is 66.4 Å². The van der Waals surface area contributed by atoms with Gasteiger partial charge in [0.1, 0.15) is 6.04 Å². The largest absolute Gasteiger partial charge is 0.341 e. The van der Waals surface area contributed by atoms with E-state index >= 15 is 0 Å². The molecule has 0 aliphatic carbocycles. The molecule has 0 bridgehead atoms. The lowest BCUT2D eigenvalue weighted by molar-refractivity contribution is -0.134. The number of carbonyl (C=O) groups is 3. The second-order valence-electron chi connectivity index (χ2n) is 8.00. The Hall–Kier alpha value is -2.83.